The number of carbonyl (C=O) groups excluding carboxylic acids is 1. The smallest absolute Gasteiger partial charge is 0.253 e. The van der Waals surface area contributed by atoms with Crippen LogP contribution in [0.4, 0.5) is 10.7 Å². The van der Waals surface area contributed by atoms with Crippen molar-refractivity contribution in [3.8, 4) is 6.07 Å². The number of anilines is 2. The summed E-state index contributed by atoms with van der Waals surface area (Å²) in [6, 6.07) is 5.73. The molecule has 2 aromatic rings. The highest BCUT2D eigenvalue weighted by Gasteiger charge is 2.22. The molecule has 20 heavy (non-hydrogen) atoms. The van der Waals surface area contributed by atoms with Crippen LogP contribution >= 0.6 is 11.3 Å². The quantitative estimate of drug-likeness (QED) is 0.881. The summed E-state index contributed by atoms with van der Waals surface area (Å²) in [5.74, 6) is -0.628. The summed E-state index contributed by atoms with van der Waals surface area (Å²) in [7, 11) is 1.82. The molecule has 6 nitrogen and oxygen atoms in total. The zero-order chi connectivity index (χ0) is 14.7. The van der Waals surface area contributed by atoms with E-state index in [1.165, 1.54) is 11.3 Å². The molecule has 0 aliphatic heterocycles. The maximum atomic E-state index is 11.5. The standard InChI is InChI=1S/C13H13N5OS/c1-18(7-8-2-4-17-5-3-8)13-10(12(16)19)11(15)9(6-14)20-13/h2-5H,7,15H2,1H3,(H2,16,19). The number of rotatable bonds is 4. The van der Waals surface area contributed by atoms with Crippen molar-refractivity contribution in [3.05, 3.63) is 40.5 Å². The van der Waals surface area contributed by atoms with E-state index in [-0.39, 0.29) is 11.3 Å². The molecule has 0 aromatic carbocycles. The van der Waals surface area contributed by atoms with Crippen LogP contribution < -0.4 is 16.4 Å². The Morgan fingerprint density at radius 3 is 2.70 bits per heavy atom. The van der Waals surface area contributed by atoms with E-state index in [0.717, 1.165) is 5.56 Å². The van der Waals surface area contributed by atoms with Gasteiger partial charge >= 0.3 is 0 Å². The molecule has 0 bridgehead atoms. The molecule has 0 aliphatic rings. The van der Waals surface area contributed by atoms with Gasteiger partial charge in [0.2, 0.25) is 0 Å². The van der Waals surface area contributed by atoms with Crippen LogP contribution in [-0.2, 0) is 6.54 Å². The van der Waals surface area contributed by atoms with E-state index >= 15 is 0 Å². The van der Waals surface area contributed by atoms with Crippen molar-refractivity contribution in [2.75, 3.05) is 17.7 Å². The largest absolute Gasteiger partial charge is 0.396 e. The molecule has 2 heterocycles. The number of carbonyl (C=O) groups is 1. The Balaban J connectivity index is 2.37. The third-order valence-electron chi connectivity index (χ3n) is 2.79. The molecule has 0 saturated carbocycles. The van der Waals surface area contributed by atoms with Crippen LogP contribution in [0, 0.1) is 11.3 Å². The molecule has 0 unspecified atom stereocenters. The van der Waals surface area contributed by atoms with Crippen molar-refractivity contribution in [3.63, 3.8) is 0 Å². The van der Waals surface area contributed by atoms with E-state index < -0.39 is 5.91 Å². The summed E-state index contributed by atoms with van der Waals surface area (Å²) in [4.78, 5) is 17.6. The van der Waals surface area contributed by atoms with Crippen molar-refractivity contribution >= 4 is 27.9 Å². The van der Waals surface area contributed by atoms with Gasteiger partial charge in [-0.25, -0.2) is 0 Å². The fraction of sp³-hybridized carbons (Fsp3) is 0.154. The predicted molar refractivity (Wildman–Crippen MR) is 78.3 cm³/mol. The second-order valence-electron chi connectivity index (χ2n) is 4.21. The van der Waals surface area contributed by atoms with Crippen LogP contribution in [0.2, 0.25) is 0 Å². The van der Waals surface area contributed by atoms with Gasteiger partial charge in [0.15, 0.2) is 0 Å². The molecule has 2 aromatic heterocycles. The fourth-order valence-electron chi connectivity index (χ4n) is 1.86. The van der Waals surface area contributed by atoms with E-state index in [2.05, 4.69) is 4.98 Å². The fourth-order valence-corrected chi connectivity index (χ4v) is 2.84. The Morgan fingerprint density at radius 2 is 2.15 bits per heavy atom. The topological polar surface area (TPSA) is 109 Å². The minimum absolute atomic E-state index is 0.154. The summed E-state index contributed by atoms with van der Waals surface area (Å²) >= 11 is 1.17. The predicted octanol–water partition coefficient (Wildman–Crippen LogP) is 1.33. The van der Waals surface area contributed by atoms with Gasteiger partial charge in [0.25, 0.3) is 5.91 Å². The Bertz CT molecular complexity index is 674. The van der Waals surface area contributed by atoms with Crippen molar-refractivity contribution < 1.29 is 4.79 Å². The number of aromatic nitrogens is 1. The number of hydrogen-bond acceptors (Lipinski definition) is 6. The number of hydrogen-bond donors (Lipinski definition) is 2. The van der Waals surface area contributed by atoms with E-state index in [1.807, 2.05) is 30.1 Å². The average molecular weight is 287 g/mol. The minimum atomic E-state index is -0.628. The summed E-state index contributed by atoms with van der Waals surface area (Å²) in [5, 5.41) is 9.61. The highest BCUT2D eigenvalue weighted by atomic mass is 32.1. The molecule has 0 radical (unpaired) electrons. The molecule has 4 N–H and O–H groups in total. The number of amides is 1. The van der Waals surface area contributed by atoms with Gasteiger partial charge in [-0.2, -0.15) is 5.26 Å². The summed E-state index contributed by atoms with van der Waals surface area (Å²) in [5.41, 5.74) is 12.5. The second kappa shape index (κ2) is 5.59. The lowest BCUT2D eigenvalue weighted by atomic mass is 10.2. The molecule has 0 spiro atoms. The van der Waals surface area contributed by atoms with Gasteiger partial charge in [0.05, 0.1) is 11.3 Å². The Labute approximate surface area is 120 Å². The van der Waals surface area contributed by atoms with Crippen LogP contribution in [0.3, 0.4) is 0 Å². The maximum absolute atomic E-state index is 11.5. The van der Waals surface area contributed by atoms with E-state index in [9.17, 15) is 4.79 Å². The third-order valence-corrected chi connectivity index (χ3v) is 4.01. The molecule has 2 rings (SSSR count). The monoisotopic (exact) mass is 287 g/mol. The highest BCUT2D eigenvalue weighted by molar-refractivity contribution is 7.17. The Hall–Kier alpha value is -2.59. The van der Waals surface area contributed by atoms with Crippen LogP contribution in [-0.4, -0.2) is 17.9 Å². The van der Waals surface area contributed by atoms with Gasteiger partial charge in [-0.05, 0) is 17.7 Å². The first-order valence-corrected chi connectivity index (χ1v) is 6.58. The highest BCUT2D eigenvalue weighted by Crippen LogP contribution is 2.37. The number of nitrogens with zero attached hydrogens (tertiary/aromatic N) is 3. The van der Waals surface area contributed by atoms with Gasteiger partial charge < -0.3 is 16.4 Å². The van der Waals surface area contributed by atoms with Gasteiger partial charge in [-0.15, -0.1) is 11.3 Å². The maximum Gasteiger partial charge on any atom is 0.253 e. The molecule has 7 heteroatoms. The summed E-state index contributed by atoms with van der Waals surface area (Å²) in [6.07, 6.45) is 3.39. The van der Waals surface area contributed by atoms with Gasteiger partial charge in [0, 0.05) is 26.0 Å². The molecule has 1 amide bonds. The molecule has 0 fully saturated rings. The van der Waals surface area contributed by atoms with E-state index in [1.54, 1.807) is 12.4 Å². The van der Waals surface area contributed by atoms with Gasteiger partial charge in [-0.1, -0.05) is 0 Å². The van der Waals surface area contributed by atoms with Crippen LogP contribution in [0.5, 0.6) is 0 Å². The summed E-state index contributed by atoms with van der Waals surface area (Å²) in [6.45, 7) is 0.563. The molecule has 0 aliphatic carbocycles. The number of nitrogen functional groups attached to an aromatic ring is 1. The van der Waals surface area contributed by atoms with Crippen molar-refractivity contribution in [1.29, 1.82) is 5.26 Å². The minimum Gasteiger partial charge on any atom is -0.396 e. The van der Waals surface area contributed by atoms with E-state index in [4.69, 9.17) is 16.7 Å². The normalized spacial score (nSPS) is 10.0. The zero-order valence-corrected chi connectivity index (χ0v) is 11.6. The zero-order valence-electron chi connectivity index (χ0n) is 10.8. The van der Waals surface area contributed by atoms with Gasteiger partial charge in [-0.3, -0.25) is 9.78 Å². The lowest BCUT2D eigenvalue weighted by Gasteiger charge is -2.18. The lowest BCUT2D eigenvalue weighted by molar-refractivity contribution is 0.100. The van der Waals surface area contributed by atoms with Gasteiger partial charge in [0.1, 0.15) is 15.9 Å². The van der Waals surface area contributed by atoms with Crippen LogP contribution in [0.25, 0.3) is 0 Å². The van der Waals surface area contributed by atoms with Crippen molar-refractivity contribution in [2.45, 2.75) is 6.54 Å². The number of thiophene rings is 1. The molecule has 0 saturated heterocycles. The number of primary amides is 1. The molecular formula is C13H13N5OS. The molecule has 0 atom stereocenters. The average Bonchev–Trinajstić information content (AvgIpc) is 2.77. The Morgan fingerprint density at radius 1 is 1.50 bits per heavy atom. The van der Waals surface area contributed by atoms with E-state index in [0.29, 0.717) is 16.4 Å². The Kier molecular flexibility index (Phi) is 3.86. The van der Waals surface area contributed by atoms with Crippen molar-refractivity contribution in [1.82, 2.24) is 4.98 Å². The number of nitrogens with two attached hydrogens (primary N) is 2. The third kappa shape index (κ3) is 2.55. The SMILES string of the molecule is CN(Cc1ccncc1)c1sc(C#N)c(N)c1C(N)=O. The second-order valence-corrected chi connectivity index (χ2v) is 5.21. The first-order valence-electron chi connectivity index (χ1n) is 5.76. The summed E-state index contributed by atoms with van der Waals surface area (Å²) < 4.78 is 0. The first kappa shape index (κ1) is 13.8. The van der Waals surface area contributed by atoms with Crippen LogP contribution in [0.15, 0.2) is 24.5 Å². The lowest BCUT2D eigenvalue weighted by Crippen LogP contribution is -2.21. The molecule has 102 valence electrons. The van der Waals surface area contributed by atoms with Crippen LogP contribution in [0.1, 0.15) is 20.8 Å². The first-order chi connectivity index (χ1) is 9.54. The molecular weight excluding hydrogens is 274 g/mol. The number of nitriles is 1. The van der Waals surface area contributed by atoms with Crippen molar-refractivity contribution in [2.24, 2.45) is 5.73 Å². The number of pyridine rings is 1.